The van der Waals surface area contributed by atoms with Gasteiger partial charge in [-0.1, -0.05) is 28.1 Å². The van der Waals surface area contributed by atoms with Crippen LogP contribution in [0.4, 0.5) is 5.69 Å². The van der Waals surface area contributed by atoms with Gasteiger partial charge in [0.1, 0.15) is 6.04 Å². The molecule has 0 radical (unpaired) electrons. The number of rotatable bonds is 3. The summed E-state index contributed by atoms with van der Waals surface area (Å²) < 4.78 is 0.932. The maximum atomic E-state index is 13.1. The molecule has 0 spiro atoms. The van der Waals surface area contributed by atoms with E-state index < -0.39 is 6.04 Å². The number of imide groups is 1. The fourth-order valence-electron chi connectivity index (χ4n) is 5.48. The second-order valence-electron chi connectivity index (χ2n) is 8.33. The van der Waals surface area contributed by atoms with Crippen molar-refractivity contribution in [2.45, 2.75) is 26.3 Å². The van der Waals surface area contributed by atoms with Gasteiger partial charge in [-0.15, -0.1) is 0 Å². The average molecular weight is 429 g/mol. The van der Waals surface area contributed by atoms with Gasteiger partial charge in [-0.3, -0.25) is 19.3 Å². The first-order valence-corrected chi connectivity index (χ1v) is 10.3. The van der Waals surface area contributed by atoms with E-state index in [1.165, 1.54) is 4.90 Å². The van der Waals surface area contributed by atoms with Crippen LogP contribution in [0.25, 0.3) is 0 Å². The molecule has 5 aliphatic rings. The molecule has 7 atom stereocenters. The third-order valence-electron chi connectivity index (χ3n) is 6.91. The van der Waals surface area contributed by atoms with Crippen LogP contribution in [0.2, 0.25) is 0 Å². The molecule has 1 aromatic carbocycles. The van der Waals surface area contributed by atoms with E-state index in [9.17, 15) is 14.4 Å². The van der Waals surface area contributed by atoms with Crippen LogP contribution in [0, 0.1) is 42.4 Å². The Kier molecular flexibility index (Phi) is 3.67. The molecule has 0 unspecified atom stereocenters. The summed E-state index contributed by atoms with van der Waals surface area (Å²) in [6.45, 7) is 3.55. The van der Waals surface area contributed by atoms with Gasteiger partial charge in [-0.25, -0.2) is 0 Å². The lowest BCUT2D eigenvalue weighted by molar-refractivity contribution is -0.146. The largest absolute Gasteiger partial charge is 0.324 e. The van der Waals surface area contributed by atoms with E-state index in [1.807, 2.05) is 25.1 Å². The normalized spacial score (nSPS) is 36.5. The minimum Gasteiger partial charge on any atom is -0.324 e. The van der Waals surface area contributed by atoms with Crippen molar-refractivity contribution in [3.8, 4) is 0 Å². The molecule has 1 heterocycles. The molecule has 3 amide bonds. The van der Waals surface area contributed by atoms with E-state index in [4.69, 9.17) is 0 Å². The molecule has 1 saturated heterocycles. The van der Waals surface area contributed by atoms with Crippen LogP contribution in [-0.4, -0.2) is 28.7 Å². The monoisotopic (exact) mass is 428 g/mol. The number of aryl methyl sites for hydroxylation is 1. The molecule has 6 rings (SSSR count). The van der Waals surface area contributed by atoms with Gasteiger partial charge in [-0.05, 0) is 67.7 Å². The van der Waals surface area contributed by atoms with E-state index in [0.29, 0.717) is 17.5 Å². The fourth-order valence-corrected chi connectivity index (χ4v) is 5.96. The molecule has 6 heteroatoms. The third kappa shape index (κ3) is 2.38. The lowest BCUT2D eigenvalue weighted by atomic mass is 9.63. The van der Waals surface area contributed by atoms with E-state index in [2.05, 4.69) is 33.4 Å². The molecule has 140 valence electrons. The molecule has 27 heavy (non-hydrogen) atoms. The Bertz CT molecular complexity index is 875. The second-order valence-corrected chi connectivity index (χ2v) is 9.24. The third-order valence-corrected chi connectivity index (χ3v) is 7.40. The van der Waals surface area contributed by atoms with Crippen LogP contribution in [-0.2, 0) is 14.4 Å². The zero-order valence-electron chi connectivity index (χ0n) is 15.2. The number of amides is 3. The molecular formula is C21H21BrN2O3. The topological polar surface area (TPSA) is 66.5 Å². The summed E-state index contributed by atoms with van der Waals surface area (Å²) in [5.41, 5.74) is 1.61. The highest BCUT2D eigenvalue weighted by atomic mass is 79.9. The molecule has 2 saturated carbocycles. The molecule has 4 aliphatic carbocycles. The number of hydrogen-bond acceptors (Lipinski definition) is 3. The number of anilines is 1. The zero-order chi connectivity index (χ0) is 19.0. The number of halogens is 1. The summed E-state index contributed by atoms with van der Waals surface area (Å²) in [5.74, 6) is 0.300. The highest BCUT2D eigenvalue weighted by Gasteiger charge is 2.67. The van der Waals surface area contributed by atoms with Crippen LogP contribution in [0.3, 0.4) is 0 Å². The number of nitrogens with zero attached hydrogens (tertiary/aromatic N) is 1. The van der Waals surface area contributed by atoms with Gasteiger partial charge in [0.05, 0.1) is 11.8 Å². The van der Waals surface area contributed by atoms with Crippen molar-refractivity contribution in [3.05, 3.63) is 40.4 Å². The second kappa shape index (κ2) is 5.77. The number of carbonyl (C=O) groups excluding carboxylic acids is 3. The predicted octanol–water partition coefficient (Wildman–Crippen LogP) is 3.14. The van der Waals surface area contributed by atoms with Crippen molar-refractivity contribution in [2.75, 3.05) is 5.32 Å². The van der Waals surface area contributed by atoms with Crippen LogP contribution in [0.1, 0.15) is 18.9 Å². The van der Waals surface area contributed by atoms with Crippen molar-refractivity contribution in [1.82, 2.24) is 4.90 Å². The highest BCUT2D eigenvalue weighted by Crippen LogP contribution is 2.65. The Morgan fingerprint density at radius 3 is 2.30 bits per heavy atom. The van der Waals surface area contributed by atoms with Gasteiger partial charge < -0.3 is 5.32 Å². The Hall–Kier alpha value is -1.95. The summed E-state index contributed by atoms with van der Waals surface area (Å²) in [7, 11) is 0. The summed E-state index contributed by atoms with van der Waals surface area (Å²) in [4.78, 5) is 40.2. The van der Waals surface area contributed by atoms with E-state index >= 15 is 0 Å². The Morgan fingerprint density at radius 2 is 1.74 bits per heavy atom. The SMILES string of the molecule is Cc1cc(Br)ccc1NC(=O)[C@H](C)N1C(=O)[C@@H]2[C@H]3C=C[C@@H]([C@@H]4C[C@H]34)[C@@H]2C1=O. The average Bonchev–Trinajstić information content (AvgIpc) is 3.41. The predicted molar refractivity (Wildman–Crippen MR) is 104 cm³/mol. The number of allylic oxidation sites excluding steroid dienone is 2. The maximum absolute atomic E-state index is 13.1. The molecule has 2 bridgehead atoms. The summed E-state index contributed by atoms with van der Waals surface area (Å²) in [5, 5.41) is 2.87. The van der Waals surface area contributed by atoms with Crippen LogP contribution >= 0.6 is 15.9 Å². The van der Waals surface area contributed by atoms with Crippen molar-refractivity contribution < 1.29 is 14.4 Å². The highest BCUT2D eigenvalue weighted by molar-refractivity contribution is 9.10. The van der Waals surface area contributed by atoms with Gasteiger partial charge >= 0.3 is 0 Å². The number of hydrogen-bond donors (Lipinski definition) is 1. The minimum atomic E-state index is -0.811. The van der Waals surface area contributed by atoms with Crippen molar-refractivity contribution in [3.63, 3.8) is 0 Å². The van der Waals surface area contributed by atoms with Crippen molar-refractivity contribution >= 4 is 39.3 Å². The summed E-state index contributed by atoms with van der Waals surface area (Å²) in [6, 6.07) is 4.77. The first-order chi connectivity index (χ1) is 12.9. The van der Waals surface area contributed by atoms with Gasteiger partial charge in [0.15, 0.2) is 0 Å². The molecule has 0 aromatic heterocycles. The number of benzene rings is 1. The Labute approximate surface area is 166 Å². The number of carbonyl (C=O) groups is 3. The Balaban J connectivity index is 1.38. The van der Waals surface area contributed by atoms with E-state index in [0.717, 1.165) is 16.5 Å². The van der Waals surface area contributed by atoms with E-state index in [1.54, 1.807) is 6.92 Å². The van der Waals surface area contributed by atoms with Gasteiger partial charge in [0.25, 0.3) is 0 Å². The maximum Gasteiger partial charge on any atom is 0.247 e. The molecule has 1 aromatic rings. The summed E-state index contributed by atoms with van der Waals surface area (Å²) >= 11 is 3.41. The van der Waals surface area contributed by atoms with Crippen LogP contribution in [0.5, 0.6) is 0 Å². The molecular weight excluding hydrogens is 408 g/mol. The lowest BCUT2D eigenvalue weighted by Crippen LogP contribution is -2.46. The molecule has 5 nitrogen and oxygen atoms in total. The zero-order valence-corrected chi connectivity index (χ0v) is 16.8. The van der Waals surface area contributed by atoms with Crippen LogP contribution < -0.4 is 5.32 Å². The van der Waals surface area contributed by atoms with Gasteiger partial charge in [-0.2, -0.15) is 0 Å². The van der Waals surface area contributed by atoms with E-state index in [-0.39, 0.29) is 41.4 Å². The smallest absolute Gasteiger partial charge is 0.247 e. The first kappa shape index (κ1) is 17.2. The van der Waals surface area contributed by atoms with Gasteiger partial charge in [0, 0.05) is 10.2 Å². The number of likely N-dealkylation sites (tertiary alicyclic amines) is 1. The quantitative estimate of drug-likeness (QED) is 0.593. The molecule has 1 aliphatic heterocycles. The van der Waals surface area contributed by atoms with Crippen molar-refractivity contribution in [1.29, 1.82) is 0 Å². The summed E-state index contributed by atoms with van der Waals surface area (Å²) in [6.07, 6.45) is 5.42. The number of nitrogens with one attached hydrogen (secondary N) is 1. The molecule has 1 N–H and O–H groups in total. The first-order valence-electron chi connectivity index (χ1n) is 9.50. The lowest BCUT2D eigenvalue weighted by Gasteiger charge is -2.37. The minimum absolute atomic E-state index is 0.162. The standard InChI is InChI=1S/C21H21BrN2O3/c1-9-7-11(22)3-6-16(9)23-19(25)10(2)24-20(26)17-12-4-5-13(15-8-14(12)15)18(17)21(24)27/h3-7,10,12-15,17-18H,8H2,1-2H3,(H,23,25)/t10-,12-,13-,14-,15+,17-,18+/m0/s1. The van der Waals surface area contributed by atoms with Gasteiger partial charge in [0.2, 0.25) is 17.7 Å². The van der Waals surface area contributed by atoms with Crippen molar-refractivity contribution in [2.24, 2.45) is 35.5 Å². The fraction of sp³-hybridized carbons (Fsp3) is 0.476. The molecule has 3 fully saturated rings. The van der Waals surface area contributed by atoms with Crippen LogP contribution in [0.15, 0.2) is 34.8 Å². The Morgan fingerprint density at radius 1 is 1.15 bits per heavy atom.